The van der Waals surface area contributed by atoms with Crippen LogP contribution in [-0.4, -0.2) is 47.5 Å². The number of nitrogens with zero attached hydrogens (tertiary/aromatic N) is 3. The standard InChI is InChI=1S/C14H24N4/c1-3-18-8-4-5-13(18)11-17(2)10-12-6-7-16-14(15)9-12/h6-7,9,13H,3-5,8,10-11H2,1-2H3,(H2,15,16). The number of rotatable bonds is 5. The third-order valence-electron chi connectivity index (χ3n) is 3.73. The minimum Gasteiger partial charge on any atom is -0.384 e. The number of hydrogen-bond donors (Lipinski definition) is 1. The topological polar surface area (TPSA) is 45.4 Å². The monoisotopic (exact) mass is 248 g/mol. The minimum atomic E-state index is 0.608. The molecule has 1 unspecified atom stereocenters. The Balaban J connectivity index is 1.86. The molecule has 0 aliphatic carbocycles. The largest absolute Gasteiger partial charge is 0.384 e. The minimum absolute atomic E-state index is 0.608. The van der Waals surface area contributed by atoms with Crippen molar-refractivity contribution in [2.75, 3.05) is 32.4 Å². The van der Waals surface area contributed by atoms with E-state index in [9.17, 15) is 0 Å². The van der Waals surface area contributed by atoms with Gasteiger partial charge in [-0.2, -0.15) is 0 Å². The van der Waals surface area contributed by atoms with Crippen molar-refractivity contribution < 1.29 is 0 Å². The summed E-state index contributed by atoms with van der Waals surface area (Å²) in [5.41, 5.74) is 6.95. The summed E-state index contributed by atoms with van der Waals surface area (Å²) < 4.78 is 0. The summed E-state index contributed by atoms with van der Waals surface area (Å²) >= 11 is 0. The molecule has 2 N–H and O–H groups in total. The molecule has 1 aliphatic heterocycles. The molecular weight excluding hydrogens is 224 g/mol. The summed E-state index contributed by atoms with van der Waals surface area (Å²) in [5.74, 6) is 0.608. The summed E-state index contributed by atoms with van der Waals surface area (Å²) in [5, 5.41) is 0. The van der Waals surface area contributed by atoms with Gasteiger partial charge in [0.1, 0.15) is 5.82 Å². The molecule has 1 aromatic rings. The summed E-state index contributed by atoms with van der Waals surface area (Å²) in [7, 11) is 2.18. The lowest BCUT2D eigenvalue weighted by Crippen LogP contribution is -2.38. The van der Waals surface area contributed by atoms with Gasteiger partial charge in [-0.05, 0) is 50.7 Å². The molecule has 18 heavy (non-hydrogen) atoms. The molecule has 0 radical (unpaired) electrons. The van der Waals surface area contributed by atoms with E-state index in [1.165, 1.54) is 31.5 Å². The maximum absolute atomic E-state index is 5.70. The molecule has 0 spiro atoms. The van der Waals surface area contributed by atoms with Crippen LogP contribution < -0.4 is 5.73 Å². The van der Waals surface area contributed by atoms with Crippen LogP contribution in [0.5, 0.6) is 0 Å². The smallest absolute Gasteiger partial charge is 0.123 e. The predicted molar refractivity (Wildman–Crippen MR) is 75.3 cm³/mol. The van der Waals surface area contributed by atoms with Crippen LogP contribution in [0.1, 0.15) is 25.3 Å². The van der Waals surface area contributed by atoms with Crippen LogP contribution in [0.2, 0.25) is 0 Å². The molecule has 2 heterocycles. The highest BCUT2D eigenvalue weighted by Crippen LogP contribution is 2.18. The molecule has 1 aromatic heterocycles. The highest BCUT2D eigenvalue weighted by atomic mass is 15.2. The SMILES string of the molecule is CCN1CCCC1CN(C)Cc1ccnc(N)c1. The number of hydrogen-bond acceptors (Lipinski definition) is 4. The Kier molecular flexibility index (Phi) is 4.55. The van der Waals surface area contributed by atoms with Crippen molar-refractivity contribution >= 4 is 5.82 Å². The summed E-state index contributed by atoms with van der Waals surface area (Å²) in [4.78, 5) is 8.99. The fourth-order valence-electron chi connectivity index (χ4n) is 2.85. The number of likely N-dealkylation sites (N-methyl/N-ethyl adjacent to an activating group) is 2. The molecule has 0 bridgehead atoms. The van der Waals surface area contributed by atoms with Gasteiger partial charge >= 0.3 is 0 Å². The van der Waals surface area contributed by atoms with Gasteiger partial charge in [-0.15, -0.1) is 0 Å². The average molecular weight is 248 g/mol. The van der Waals surface area contributed by atoms with Crippen LogP contribution in [0.4, 0.5) is 5.82 Å². The van der Waals surface area contributed by atoms with Crippen LogP contribution in [0.25, 0.3) is 0 Å². The second-order valence-corrected chi connectivity index (χ2v) is 5.21. The normalized spacial score (nSPS) is 20.7. The van der Waals surface area contributed by atoms with E-state index >= 15 is 0 Å². The van der Waals surface area contributed by atoms with E-state index in [-0.39, 0.29) is 0 Å². The van der Waals surface area contributed by atoms with Gasteiger partial charge in [-0.1, -0.05) is 6.92 Å². The van der Waals surface area contributed by atoms with Crippen LogP contribution in [0, 0.1) is 0 Å². The summed E-state index contributed by atoms with van der Waals surface area (Å²) in [6.45, 7) is 6.76. The molecule has 100 valence electrons. The molecule has 4 nitrogen and oxygen atoms in total. The second kappa shape index (κ2) is 6.16. The predicted octanol–water partition coefficient (Wildman–Crippen LogP) is 1.58. The van der Waals surface area contributed by atoms with Crippen molar-refractivity contribution in [2.45, 2.75) is 32.4 Å². The maximum atomic E-state index is 5.70. The van der Waals surface area contributed by atoms with Gasteiger partial charge in [-0.3, -0.25) is 4.90 Å². The van der Waals surface area contributed by atoms with Gasteiger partial charge < -0.3 is 10.6 Å². The molecule has 2 rings (SSSR count). The third kappa shape index (κ3) is 3.43. The van der Waals surface area contributed by atoms with Gasteiger partial charge in [0.2, 0.25) is 0 Å². The van der Waals surface area contributed by atoms with Gasteiger partial charge in [-0.25, -0.2) is 4.98 Å². The number of nitrogen functional groups attached to an aromatic ring is 1. The van der Waals surface area contributed by atoms with E-state index < -0.39 is 0 Å². The Hall–Kier alpha value is -1.13. The molecule has 1 saturated heterocycles. The zero-order valence-electron chi connectivity index (χ0n) is 11.5. The van der Waals surface area contributed by atoms with Crippen molar-refractivity contribution in [1.82, 2.24) is 14.8 Å². The van der Waals surface area contributed by atoms with Crippen molar-refractivity contribution in [1.29, 1.82) is 0 Å². The molecule has 0 amide bonds. The van der Waals surface area contributed by atoms with E-state index in [1.807, 2.05) is 12.1 Å². The Bertz CT molecular complexity index is 380. The van der Waals surface area contributed by atoms with E-state index in [1.54, 1.807) is 6.20 Å². The van der Waals surface area contributed by atoms with E-state index in [0.717, 1.165) is 19.1 Å². The zero-order valence-corrected chi connectivity index (χ0v) is 11.5. The molecule has 0 aromatic carbocycles. The van der Waals surface area contributed by atoms with Crippen LogP contribution in [-0.2, 0) is 6.54 Å². The van der Waals surface area contributed by atoms with Gasteiger partial charge in [0.15, 0.2) is 0 Å². The molecule has 1 atom stereocenters. The molecular formula is C14H24N4. The fourth-order valence-corrected chi connectivity index (χ4v) is 2.85. The van der Waals surface area contributed by atoms with Crippen LogP contribution in [0.15, 0.2) is 18.3 Å². The zero-order chi connectivity index (χ0) is 13.0. The Morgan fingerprint density at radius 2 is 2.39 bits per heavy atom. The summed E-state index contributed by atoms with van der Waals surface area (Å²) in [6, 6.07) is 4.72. The lowest BCUT2D eigenvalue weighted by Gasteiger charge is -2.27. The van der Waals surface area contributed by atoms with Crippen molar-refractivity contribution in [3.05, 3.63) is 23.9 Å². The van der Waals surface area contributed by atoms with Crippen molar-refractivity contribution in [3.8, 4) is 0 Å². The molecule has 1 fully saturated rings. The third-order valence-corrected chi connectivity index (χ3v) is 3.73. The van der Waals surface area contributed by atoms with Crippen molar-refractivity contribution in [2.24, 2.45) is 0 Å². The van der Waals surface area contributed by atoms with Crippen LogP contribution >= 0.6 is 0 Å². The first-order valence-electron chi connectivity index (χ1n) is 6.82. The molecule has 1 aliphatic rings. The van der Waals surface area contributed by atoms with Crippen LogP contribution in [0.3, 0.4) is 0 Å². The first kappa shape index (κ1) is 13.3. The van der Waals surface area contributed by atoms with E-state index in [4.69, 9.17) is 5.73 Å². The second-order valence-electron chi connectivity index (χ2n) is 5.21. The lowest BCUT2D eigenvalue weighted by molar-refractivity contribution is 0.195. The van der Waals surface area contributed by atoms with Crippen molar-refractivity contribution in [3.63, 3.8) is 0 Å². The number of nitrogens with two attached hydrogens (primary N) is 1. The number of likely N-dealkylation sites (tertiary alicyclic amines) is 1. The number of anilines is 1. The van der Waals surface area contributed by atoms with Gasteiger partial charge in [0.05, 0.1) is 0 Å². The van der Waals surface area contributed by atoms with E-state index in [2.05, 4.69) is 28.8 Å². The summed E-state index contributed by atoms with van der Waals surface area (Å²) in [6.07, 6.45) is 4.46. The Morgan fingerprint density at radius 1 is 1.56 bits per heavy atom. The molecule has 4 heteroatoms. The first-order valence-corrected chi connectivity index (χ1v) is 6.82. The Morgan fingerprint density at radius 3 is 3.11 bits per heavy atom. The number of aromatic nitrogens is 1. The lowest BCUT2D eigenvalue weighted by atomic mass is 10.2. The Labute approximate surface area is 110 Å². The fraction of sp³-hybridized carbons (Fsp3) is 0.643. The molecule has 0 saturated carbocycles. The number of pyridine rings is 1. The maximum Gasteiger partial charge on any atom is 0.123 e. The highest BCUT2D eigenvalue weighted by molar-refractivity contribution is 5.31. The van der Waals surface area contributed by atoms with Gasteiger partial charge in [0.25, 0.3) is 0 Å². The quantitative estimate of drug-likeness (QED) is 0.859. The first-order chi connectivity index (χ1) is 8.69. The van der Waals surface area contributed by atoms with Gasteiger partial charge in [0, 0.05) is 25.3 Å². The van der Waals surface area contributed by atoms with E-state index in [0.29, 0.717) is 5.82 Å². The average Bonchev–Trinajstić information content (AvgIpc) is 2.76. The highest BCUT2D eigenvalue weighted by Gasteiger charge is 2.23.